The van der Waals surface area contributed by atoms with Gasteiger partial charge < -0.3 is 4.57 Å². The van der Waals surface area contributed by atoms with Gasteiger partial charge in [0.1, 0.15) is 5.82 Å². The van der Waals surface area contributed by atoms with Crippen LogP contribution in [0.2, 0.25) is 0 Å². The average molecular weight is 350 g/mol. The predicted molar refractivity (Wildman–Crippen MR) is 97.7 cm³/mol. The molecule has 0 aliphatic rings. The molecule has 0 aliphatic carbocycles. The second kappa shape index (κ2) is 6.64. The molecule has 6 heteroatoms. The Morgan fingerprint density at radius 2 is 1.76 bits per heavy atom. The van der Waals surface area contributed by atoms with Crippen LogP contribution in [-0.2, 0) is 12.8 Å². The Labute approximate surface area is 148 Å². The van der Waals surface area contributed by atoms with E-state index in [9.17, 15) is 4.39 Å². The zero-order valence-electron chi connectivity index (χ0n) is 13.6. The topological polar surface area (TPSA) is 43.6 Å². The molecule has 4 nitrogen and oxygen atoms in total. The van der Waals surface area contributed by atoms with E-state index >= 15 is 0 Å². The Morgan fingerprint density at radius 1 is 0.960 bits per heavy atom. The van der Waals surface area contributed by atoms with Crippen molar-refractivity contribution in [2.75, 3.05) is 0 Å². The molecule has 0 amide bonds. The molecule has 2 heterocycles. The van der Waals surface area contributed by atoms with Gasteiger partial charge in [0.25, 0.3) is 0 Å². The van der Waals surface area contributed by atoms with Crippen LogP contribution in [0.25, 0.3) is 22.3 Å². The molecule has 2 aromatic carbocycles. The second-order valence-electron chi connectivity index (χ2n) is 5.66. The standard InChI is InChI=1S/C19H15FN4S/c1-24-18(14-6-9-15(20)10-7-14)22-23-19(24)25-12-16-11-8-13-4-2-3-5-17(13)21-16/h2-11H,12H2,1H3. The van der Waals surface area contributed by atoms with Crippen molar-refractivity contribution in [2.24, 2.45) is 7.05 Å². The molecule has 0 radical (unpaired) electrons. The molecule has 124 valence electrons. The number of hydrogen-bond donors (Lipinski definition) is 0. The summed E-state index contributed by atoms with van der Waals surface area (Å²) in [6.45, 7) is 0. The van der Waals surface area contributed by atoms with E-state index in [-0.39, 0.29) is 5.82 Å². The van der Waals surface area contributed by atoms with Crippen LogP contribution in [0.3, 0.4) is 0 Å². The lowest BCUT2D eigenvalue weighted by molar-refractivity contribution is 0.628. The first-order chi connectivity index (χ1) is 12.2. The van der Waals surface area contributed by atoms with Gasteiger partial charge in [-0.2, -0.15) is 0 Å². The Kier molecular flexibility index (Phi) is 4.19. The maximum atomic E-state index is 13.1. The highest BCUT2D eigenvalue weighted by Gasteiger charge is 2.12. The van der Waals surface area contributed by atoms with E-state index in [1.54, 1.807) is 23.9 Å². The summed E-state index contributed by atoms with van der Waals surface area (Å²) in [4.78, 5) is 4.67. The summed E-state index contributed by atoms with van der Waals surface area (Å²) < 4.78 is 15.0. The van der Waals surface area contributed by atoms with Crippen molar-refractivity contribution in [3.63, 3.8) is 0 Å². The first-order valence-electron chi connectivity index (χ1n) is 7.83. The summed E-state index contributed by atoms with van der Waals surface area (Å²) in [7, 11) is 1.91. The van der Waals surface area contributed by atoms with Gasteiger partial charge in [-0.15, -0.1) is 10.2 Å². The van der Waals surface area contributed by atoms with Crippen molar-refractivity contribution >= 4 is 22.7 Å². The number of aromatic nitrogens is 4. The molecular formula is C19H15FN4S. The van der Waals surface area contributed by atoms with Gasteiger partial charge in [-0.05, 0) is 36.4 Å². The third-order valence-corrected chi connectivity index (χ3v) is 5.00. The van der Waals surface area contributed by atoms with Gasteiger partial charge in [-0.1, -0.05) is 36.0 Å². The fourth-order valence-corrected chi connectivity index (χ4v) is 3.43. The van der Waals surface area contributed by atoms with Crippen LogP contribution in [-0.4, -0.2) is 19.7 Å². The summed E-state index contributed by atoms with van der Waals surface area (Å²) in [5, 5.41) is 10.4. The minimum atomic E-state index is -0.261. The van der Waals surface area contributed by atoms with E-state index in [4.69, 9.17) is 0 Å². The summed E-state index contributed by atoms with van der Waals surface area (Å²) in [5.74, 6) is 1.16. The van der Waals surface area contributed by atoms with E-state index in [2.05, 4.69) is 27.3 Å². The van der Waals surface area contributed by atoms with Gasteiger partial charge in [0, 0.05) is 23.8 Å². The van der Waals surface area contributed by atoms with Crippen LogP contribution < -0.4 is 0 Å². The molecule has 0 bridgehead atoms. The van der Waals surface area contributed by atoms with Crippen LogP contribution in [0, 0.1) is 5.82 Å². The Morgan fingerprint density at radius 3 is 2.60 bits per heavy atom. The Bertz CT molecular complexity index is 1030. The smallest absolute Gasteiger partial charge is 0.191 e. The van der Waals surface area contributed by atoms with Crippen molar-refractivity contribution in [3.8, 4) is 11.4 Å². The number of nitrogens with zero attached hydrogens (tertiary/aromatic N) is 4. The number of benzene rings is 2. The highest BCUT2D eigenvalue weighted by Crippen LogP contribution is 2.25. The highest BCUT2D eigenvalue weighted by molar-refractivity contribution is 7.98. The number of thioether (sulfide) groups is 1. The summed E-state index contributed by atoms with van der Waals surface area (Å²) >= 11 is 1.58. The molecule has 4 rings (SSSR count). The van der Waals surface area contributed by atoms with Crippen LogP contribution in [0.5, 0.6) is 0 Å². The maximum Gasteiger partial charge on any atom is 0.191 e. The lowest BCUT2D eigenvalue weighted by Crippen LogP contribution is -1.96. The normalized spacial score (nSPS) is 11.1. The molecule has 0 atom stereocenters. The predicted octanol–water partition coefficient (Wildman–Crippen LogP) is 4.46. The molecule has 0 aliphatic heterocycles. The molecule has 2 aromatic heterocycles. The number of fused-ring (bicyclic) bond motifs is 1. The fraction of sp³-hybridized carbons (Fsp3) is 0.105. The number of hydrogen-bond acceptors (Lipinski definition) is 4. The lowest BCUT2D eigenvalue weighted by atomic mass is 10.2. The molecule has 25 heavy (non-hydrogen) atoms. The van der Waals surface area contributed by atoms with Gasteiger partial charge in [0.2, 0.25) is 0 Å². The van der Waals surface area contributed by atoms with Crippen molar-refractivity contribution in [3.05, 3.63) is 72.2 Å². The van der Waals surface area contributed by atoms with E-state index in [1.165, 1.54) is 12.1 Å². The van der Waals surface area contributed by atoms with Gasteiger partial charge in [0.15, 0.2) is 11.0 Å². The van der Waals surface area contributed by atoms with Crippen molar-refractivity contribution in [1.82, 2.24) is 19.7 Å². The largest absolute Gasteiger partial charge is 0.305 e. The summed E-state index contributed by atoms with van der Waals surface area (Å²) in [6, 6.07) is 18.4. The molecule has 0 fully saturated rings. The lowest BCUT2D eigenvalue weighted by Gasteiger charge is -2.05. The van der Waals surface area contributed by atoms with Crippen molar-refractivity contribution < 1.29 is 4.39 Å². The van der Waals surface area contributed by atoms with Crippen LogP contribution in [0.4, 0.5) is 4.39 Å². The molecule has 0 N–H and O–H groups in total. The Balaban J connectivity index is 1.53. The number of pyridine rings is 1. The van der Waals surface area contributed by atoms with Gasteiger partial charge in [-0.3, -0.25) is 4.98 Å². The summed E-state index contributed by atoms with van der Waals surface area (Å²) in [5.41, 5.74) is 2.83. The number of halogens is 1. The molecule has 0 unspecified atom stereocenters. The second-order valence-corrected chi connectivity index (χ2v) is 6.60. The third kappa shape index (κ3) is 3.25. The fourth-order valence-electron chi connectivity index (χ4n) is 2.62. The van der Waals surface area contributed by atoms with Crippen molar-refractivity contribution in [1.29, 1.82) is 0 Å². The molecule has 0 saturated carbocycles. The summed E-state index contributed by atoms with van der Waals surface area (Å²) in [6.07, 6.45) is 0. The quantitative estimate of drug-likeness (QED) is 0.510. The number of para-hydroxylation sites is 1. The first kappa shape index (κ1) is 15.8. The Hall–Kier alpha value is -2.73. The van der Waals surface area contributed by atoms with Gasteiger partial charge >= 0.3 is 0 Å². The van der Waals surface area contributed by atoms with E-state index in [0.29, 0.717) is 11.6 Å². The van der Waals surface area contributed by atoms with Crippen LogP contribution >= 0.6 is 11.8 Å². The van der Waals surface area contributed by atoms with E-state index < -0.39 is 0 Å². The van der Waals surface area contributed by atoms with Gasteiger partial charge in [0.05, 0.1) is 11.2 Å². The van der Waals surface area contributed by atoms with Gasteiger partial charge in [-0.25, -0.2) is 4.39 Å². The molecule has 4 aromatic rings. The van der Waals surface area contributed by atoms with E-state index in [0.717, 1.165) is 27.3 Å². The number of rotatable bonds is 4. The monoisotopic (exact) mass is 350 g/mol. The highest BCUT2D eigenvalue weighted by atomic mass is 32.2. The van der Waals surface area contributed by atoms with E-state index in [1.807, 2.05) is 35.9 Å². The minimum absolute atomic E-state index is 0.261. The zero-order chi connectivity index (χ0) is 17.2. The SMILES string of the molecule is Cn1c(SCc2ccc3ccccc3n2)nnc1-c1ccc(F)cc1. The average Bonchev–Trinajstić information content (AvgIpc) is 3.01. The maximum absolute atomic E-state index is 13.1. The molecular weight excluding hydrogens is 335 g/mol. The van der Waals surface area contributed by atoms with Crippen LogP contribution in [0.15, 0.2) is 65.8 Å². The molecule has 0 saturated heterocycles. The van der Waals surface area contributed by atoms with Crippen LogP contribution in [0.1, 0.15) is 5.69 Å². The minimum Gasteiger partial charge on any atom is -0.305 e. The molecule has 0 spiro atoms. The van der Waals surface area contributed by atoms with Crippen molar-refractivity contribution in [2.45, 2.75) is 10.9 Å². The zero-order valence-corrected chi connectivity index (χ0v) is 14.4. The third-order valence-electron chi connectivity index (χ3n) is 3.94. The first-order valence-corrected chi connectivity index (χ1v) is 8.82.